The van der Waals surface area contributed by atoms with Gasteiger partial charge in [0, 0.05) is 98.5 Å². The van der Waals surface area contributed by atoms with Crippen LogP contribution < -0.4 is 25.1 Å². The van der Waals surface area contributed by atoms with Crippen molar-refractivity contribution < 1.29 is 40.6 Å². The number of carbonyl (C=O) groups excluding carboxylic acids is 2. The molecule has 2 aromatic carbocycles. The summed E-state index contributed by atoms with van der Waals surface area (Å²) in [6.07, 6.45) is 5.72. The minimum Gasteiger partial charge on any atom is -0.349 e. The standard InChI is InChI=1S/C44H40F6N12O2/c45-33-7-3-1-5-29(33)31-9-13-52-39(59-16-11-43(47,48)26-59)37(31)54-41(63)57-21-22-61-28(24-57)10-15-62(61)35-23-32(30-6-2-4-8-34(30)46)38(40(53-35)60-17-12-44(49,50)27-60)55-42(64)58-20-19-56-18-14-51-36(56)25-58/h1-10,13-15,18,23H,11-12,16-17,19-22,24-27H2,(H-,54,55,63,64)/p+1. The number of aromatic nitrogens is 6. The van der Waals surface area contributed by atoms with Gasteiger partial charge in [0.05, 0.1) is 44.1 Å². The first-order valence-corrected chi connectivity index (χ1v) is 20.8. The molecular formula is C44H41F6N12O2+. The number of alkyl halides is 4. The molecule has 2 fully saturated rings. The molecule has 6 aromatic rings. The van der Waals surface area contributed by atoms with E-state index in [2.05, 4.69) is 20.6 Å². The molecular weight excluding hydrogens is 843 g/mol. The third kappa shape index (κ3) is 7.70. The van der Waals surface area contributed by atoms with Crippen molar-refractivity contribution in [1.82, 2.24) is 34.0 Å². The summed E-state index contributed by atoms with van der Waals surface area (Å²) < 4.78 is 95.2. The molecule has 0 atom stereocenters. The highest BCUT2D eigenvalue weighted by Gasteiger charge is 2.43. The van der Waals surface area contributed by atoms with Crippen molar-refractivity contribution in [3.8, 4) is 28.1 Å². The number of nitrogens with zero attached hydrogens (tertiary/aromatic N) is 10. The number of anilines is 4. The fourth-order valence-electron chi connectivity index (χ4n) is 8.86. The van der Waals surface area contributed by atoms with E-state index >= 15 is 8.78 Å². The molecule has 330 valence electrons. The minimum atomic E-state index is -3.04. The molecule has 0 saturated carbocycles. The van der Waals surface area contributed by atoms with E-state index in [4.69, 9.17) is 4.98 Å². The van der Waals surface area contributed by atoms with E-state index in [-0.39, 0.29) is 90.4 Å². The molecule has 4 aliphatic rings. The lowest BCUT2D eigenvalue weighted by Crippen LogP contribution is -2.49. The molecule has 20 heteroatoms. The SMILES string of the molecule is O=C(Nc1c(-c2ccccc2F)ccnc1N1CCC(F)(F)C1)N1CCn2c(cc[n+]2-c2cc(-c3ccccc3F)c(NC(=O)N3CCn4ccnc4C3)c(N3CCC(F)(F)C3)n2)C1. The highest BCUT2D eigenvalue weighted by molar-refractivity contribution is 6.00. The van der Waals surface area contributed by atoms with Gasteiger partial charge in [-0.15, -0.1) is 4.68 Å². The van der Waals surface area contributed by atoms with E-state index in [1.54, 1.807) is 52.3 Å². The van der Waals surface area contributed by atoms with E-state index in [0.717, 1.165) is 0 Å². The number of pyridine rings is 2. The van der Waals surface area contributed by atoms with Gasteiger partial charge in [0.2, 0.25) is 0 Å². The lowest BCUT2D eigenvalue weighted by molar-refractivity contribution is -0.689. The van der Waals surface area contributed by atoms with Crippen LogP contribution in [-0.4, -0.2) is 97.2 Å². The molecule has 4 amide bonds. The van der Waals surface area contributed by atoms with Gasteiger partial charge in [0.1, 0.15) is 29.3 Å². The van der Waals surface area contributed by atoms with Crippen LogP contribution in [0.1, 0.15) is 24.4 Å². The van der Waals surface area contributed by atoms with Gasteiger partial charge in [-0.1, -0.05) is 36.4 Å². The Hall–Kier alpha value is -7.12. The molecule has 64 heavy (non-hydrogen) atoms. The number of benzene rings is 2. The normalized spacial score (nSPS) is 17.7. The summed E-state index contributed by atoms with van der Waals surface area (Å²) in [6, 6.07) is 15.7. The highest BCUT2D eigenvalue weighted by Crippen LogP contribution is 2.42. The van der Waals surface area contributed by atoms with Crippen LogP contribution in [-0.2, 0) is 26.2 Å². The summed E-state index contributed by atoms with van der Waals surface area (Å²) in [5.41, 5.74) is 1.57. The largest absolute Gasteiger partial charge is 0.349 e. The van der Waals surface area contributed by atoms with Gasteiger partial charge < -0.3 is 34.8 Å². The quantitative estimate of drug-likeness (QED) is 0.129. The van der Waals surface area contributed by atoms with Crippen LogP contribution in [0.4, 0.5) is 58.9 Å². The number of amides is 4. The average molecular weight is 884 g/mol. The Morgan fingerprint density at radius 1 is 0.641 bits per heavy atom. The van der Waals surface area contributed by atoms with Gasteiger partial charge in [-0.05, 0) is 23.2 Å². The molecule has 2 N–H and O–H groups in total. The number of hydrogen-bond donors (Lipinski definition) is 2. The fourth-order valence-corrected chi connectivity index (χ4v) is 8.86. The van der Waals surface area contributed by atoms with Crippen LogP contribution in [0.3, 0.4) is 0 Å². The van der Waals surface area contributed by atoms with Gasteiger partial charge >= 0.3 is 17.9 Å². The topological polar surface area (TPSA) is 124 Å². The maximum Gasteiger partial charge on any atom is 0.349 e. The van der Waals surface area contributed by atoms with E-state index in [1.807, 2.05) is 15.4 Å². The van der Waals surface area contributed by atoms with E-state index < -0.39 is 61.5 Å². The molecule has 8 heterocycles. The second kappa shape index (κ2) is 15.9. The Balaban J connectivity index is 0.986. The maximum absolute atomic E-state index is 15.8. The number of fused-ring (bicyclic) bond motifs is 2. The predicted molar refractivity (Wildman–Crippen MR) is 223 cm³/mol. The lowest BCUT2D eigenvalue weighted by Gasteiger charge is -2.30. The first-order chi connectivity index (χ1) is 30.8. The second-order valence-electron chi connectivity index (χ2n) is 16.3. The average Bonchev–Trinajstić information content (AvgIpc) is 4.09. The third-order valence-electron chi connectivity index (χ3n) is 12.1. The van der Waals surface area contributed by atoms with Crippen molar-refractivity contribution in [3.63, 3.8) is 0 Å². The molecule has 2 saturated heterocycles. The number of carbonyl (C=O) groups is 2. The first-order valence-electron chi connectivity index (χ1n) is 20.8. The van der Waals surface area contributed by atoms with Crippen LogP contribution >= 0.6 is 0 Å². The van der Waals surface area contributed by atoms with E-state index in [1.165, 1.54) is 57.3 Å². The predicted octanol–water partition coefficient (Wildman–Crippen LogP) is 7.15. The summed E-state index contributed by atoms with van der Waals surface area (Å²) >= 11 is 0. The molecule has 4 aromatic heterocycles. The monoisotopic (exact) mass is 883 g/mol. The number of imidazole rings is 1. The van der Waals surface area contributed by atoms with Crippen molar-refractivity contribution in [1.29, 1.82) is 0 Å². The smallest absolute Gasteiger partial charge is 0.349 e. The van der Waals surface area contributed by atoms with Crippen LogP contribution in [0.25, 0.3) is 28.1 Å². The van der Waals surface area contributed by atoms with Crippen molar-refractivity contribution in [2.24, 2.45) is 0 Å². The summed E-state index contributed by atoms with van der Waals surface area (Å²) in [4.78, 5) is 47.5. The molecule has 0 unspecified atom stereocenters. The zero-order chi connectivity index (χ0) is 44.3. The lowest BCUT2D eigenvalue weighted by atomic mass is 10.0. The molecule has 10 rings (SSSR count). The summed E-state index contributed by atoms with van der Waals surface area (Å²) in [5.74, 6) is -6.14. The Kier molecular flexibility index (Phi) is 10.2. The van der Waals surface area contributed by atoms with Crippen molar-refractivity contribution >= 4 is 35.1 Å². The third-order valence-corrected chi connectivity index (χ3v) is 12.1. The van der Waals surface area contributed by atoms with Crippen LogP contribution in [0.15, 0.2) is 91.5 Å². The van der Waals surface area contributed by atoms with Gasteiger partial charge in [0.15, 0.2) is 5.82 Å². The minimum absolute atomic E-state index is 0.0197. The van der Waals surface area contributed by atoms with E-state index in [0.29, 0.717) is 24.6 Å². The number of urea groups is 2. The number of halogens is 6. The first kappa shape index (κ1) is 40.9. The summed E-state index contributed by atoms with van der Waals surface area (Å²) in [7, 11) is 0. The van der Waals surface area contributed by atoms with Crippen molar-refractivity contribution in [2.75, 3.05) is 59.7 Å². The van der Waals surface area contributed by atoms with Gasteiger partial charge in [-0.25, -0.2) is 50.6 Å². The molecule has 0 bridgehead atoms. The van der Waals surface area contributed by atoms with Crippen molar-refractivity contribution in [2.45, 2.75) is 50.9 Å². The van der Waals surface area contributed by atoms with Crippen molar-refractivity contribution in [3.05, 3.63) is 115 Å². The summed E-state index contributed by atoms with van der Waals surface area (Å²) in [5, 5.41) is 5.79. The van der Waals surface area contributed by atoms with Gasteiger partial charge in [-0.2, -0.15) is 0 Å². The number of hydrogen-bond acceptors (Lipinski definition) is 7. The van der Waals surface area contributed by atoms with Gasteiger partial charge in [0.25, 0.3) is 17.7 Å². The maximum atomic E-state index is 15.8. The summed E-state index contributed by atoms with van der Waals surface area (Å²) in [6.45, 7) is 0.0808. The van der Waals surface area contributed by atoms with E-state index in [9.17, 15) is 27.2 Å². The fraction of sp³-hybridized carbons (Fsp3) is 0.318. The van der Waals surface area contributed by atoms with Crippen LogP contribution in [0, 0.1) is 11.6 Å². The van der Waals surface area contributed by atoms with Crippen LogP contribution in [0.5, 0.6) is 0 Å². The molecule has 0 radical (unpaired) electrons. The Morgan fingerprint density at radius 3 is 1.91 bits per heavy atom. The molecule has 14 nitrogen and oxygen atoms in total. The molecule has 4 aliphatic heterocycles. The van der Waals surface area contributed by atoms with Crippen LogP contribution in [0.2, 0.25) is 0 Å². The van der Waals surface area contributed by atoms with Gasteiger partial charge in [-0.3, -0.25) is 0 Å². The molecule has 0 spiro atoms. The second-order valence-corrected chi connectivity index (χ2v) is 16.3. The Morgan fingerprint density at radius 2 is 1.25 bits per heavy atom. The number of rotatable bonds is 7. The highest BCUT2D eigenvalue weighted by atomic mass is 19.3. The number of nitrogens with one attached hydrogen (secondary N) is 2. The Labute approximate surface area is 362 Å². The zero-order valence-electron chi connectivity index (χ0n) is 34.2. The Bertz CT molecular complexity index is 2790. The molecule has 0 aliphatic carbocycles. The zero-order valence-corrected chi connectivity index (χ0v) is 34.2.